The van der Waals surface area contributed by atoms with Gasteiger partial charge in [0.1, 0.15) is 5.76 Å². The summed E-state index contributed by atoms with van der Waals surface area (Å²) in [6.07, 6.45) is 5.92. The number of ketones is 1. The number of amides is 1. The van der Waals surface area contributed by atoms with Crippen LogP contribution in [-0.2, 0) is 16.1 Å². The van der Waals surface area contributed by atoms with Crippen LogP contribution in [0.2, 0.25) is 0 Å². The monoisotopic (exact) mass is 405 g/mol. The first-order valence-electron chi connectivity index (χ1n) is 9.80. The molecule has 0 bridgehead atoms. The Kier molecular flexibility index (Phi) is 5.22. The number of aliphatic hydroxyl groups is 1. The first-order valence-corrected chi connectivity index (χ1v) is 9.80. The van der Waals surface area contributed by atoms with Crippen molar-refractivity contribution in [1.29, 1.82) is 0 Å². The number of likely N-dealkylation sites (tertiary alicyclic amines) is 1. The lowest BCUT2D eigenvalue weighted by atomic mass is 9.94. The Morgan fingerprint density at radius 1 is 1.17 bits per heavy atom. The van der Waals surface area contributed by atoms with E-state index in [1.54, 1.807) is 31.3 Å². The molecular formula is C22H23N5O3. The lowest BCUT2D eigenvalue weighted by molar-refractivity contribution is -0.139. The topological polar surface area (TPSA) is 104 Å². The summed E-state index contributed by atoms with van der Waals surface area (Å²) in [6, 6.07) is 8.66. The number of H-pyrrole nitrogens is 1. The third-order valence-corrected chi connectivity index (χ3v) is 5.39. The molecule has 1 aliphatic rings. The maximum atomic E-state index is 13.0. The summed E-state index contributed by atoms with van der Waals surface area (Å²) in [5.74, 6) is -1.47. The third kappa shape index (κ3) is 3.41. The normalized spacial score (nSPS) is 18.3. The summed E-state index contributed by atoms with van der Waals surface area (Å²) in [5, 5.41) is 18.0. The van der Waals surface area contributed by atoms with E-state index in [-0.39, 0.29) is 11.3 Å². The van der Waals surface area contributed by atoms with Crippen LogP contribution in [0.4, 0.5) is 0 Å². The molecule has 0 aliphatic carbocycles. The van der Waals surface area contributed by atoms with Gasteiger partial charge in [0.2, 0.25) is 0 Å². The van der Waals surface area contributed by atoms with Gasteiger partial charge in [0.25, 0.3) is 11.7 Å². The molecule has 1 aliphatic heterocycles. The maximum absolute atomic E-state index is 13.0. The Hall–Kier alpha value is -3.68. The molecule has 0 spiro atoms. The highest BCUT2D eigenvalue weighted by molar-refractivity contribution is 6.46. The van der Waals surface area contributed by atoms with Gasteiger partial charge in [-0.1, -0.05) is 30.3 Å². The Labute approximate surface area is 173 Å². The number of aryl methyl sites for hydroxylation is 3. The standard InChI is InChI=1S/C22H23N5O3/c1-14-17(15(2)25-24-14)20(28)18-19(16-7-4-3-5-8-16)27(22(30)21(18)29)11-6-10-26-12-9-23-13-26/h3-5,7-9,12-13,19,28H,6,10-11H2,1-2H3,(H,24,25)/b20-18+/t19-/m0/s1. The summed E-state index contributed by atoms with van der Waals surface area (Å²) in [7, 11) is 0. The van der Waals surface area contributed by atoms with E-state index in [4.69, 9.17) is 0 Å². The average Bonchev–Trinajstić information content (AvgIpc) is 3.44. The molecule has 0 unspecified atom stereocenters. The van der Waals surface area contributed by atoms with E-state index in [1.165, 1.54) is 0 Å². The van der Waals surface area contributed by atoms with E-state index in [9.17, 15) is 14.7 Å². The summed E-state index contributed by atoms with van der Waals surface area (Å²) in [6.45, 7) is 4.57. The van der Waals surface area contributed by atoms with Crippen LogP contribution in [0.25, 0.3) is 5.76 Å². The molecule has 1 saturated heterocycles. The minimum atomic E-state index is -0.677. The van der Waals surface area contributed by atoms with E-state index in [2.05, 4.69) is 15.2 Å². The van der Waals surface area contributed by atoms with Crippen molar-refractivity contribution in [3.8, 4) is 0 Å². The van der Waals surface area contributed by atoms with Gasteiger partial charge in [0.15, 0.2) is 0 Å². The molecular weight excluding hydrogens is 382 g/mol. The molecule has 8 nitrogen and oxygen atoms in total. The number of aromatic amines is 1. The predicted molar refractivity (Wildman–Crippen MR) is 110 cm³/mol. The van der Waals surface area contributed by atoms with Crippen molar-refractivity contribution in [1.82, 2.24) is 24.6 Å². The minimum Gasteiger partial charge on any atom is -0.507 e. The molecule has 4 rings (SSSR count). The summed E-state index contributed by atoms with van der Waals surface area (Å²) < 4.78 is 1.92. The fourth-order valence-electron chi connectivity index (χ4n) is 3.97. The molecule has 154 valence electrons. The first-order chi connectivity index (χ1) is 14.5. The average molecular weight is 405 g/mol. The van der Waals surface area contributed by atoms with E-state index in [1.807, 2.05) is 41.1 Å². The zero-order chi connectivity index (χ0) is 21.3. The Morgan fingerprint density at radius 3 is 2.57 bits per heavy atom. The van der Waals surface area contributed by atoms with E-state index < -0.39 is 17.7 Å². The van der Waals surface area contributed by atoms with Crippen molar-refractivity contribution in [2.24, 2.45) is 0 Å². The lowest BCUT2D eigenvalue weighted by Crippen LogP contribution is -2.31. The van der Waals surface area contributed by atoms with Gasteiger partial charge < -0.3 is 14.6 Å². The van der Waals surface area contributed by atoms with Crippen LogP contribution in [0.3, 0.4) is 0 Å². The lowest BCUT2D eigenvalue weighted by Gasteiger charge is -2.25. The highest BCUT2D eigenvalue weighted by Gasteiger charge is 2.46. The number of nitrogens with zero attached hydrogens (tertiary/aromatic N) is 4. The van der Waals surface area contributed by atoms with Crippen molar-refractivity contribution < 1.29 is 14.7 Å². The SMILES string of the molecule is Cc1n[nH]c(C)c1/C(O)=C1\C(=O)C(=O)N(CCCn2ccnc2)[C@H]1c1ccccc1. The van der Waals surface area contributed by atoms with Crippen molar-refractivity contribution in [3.63, 3.8) is 0 Å². The molecule has 1 aromatic carbocycles. The fourth-order valence-corrected chi connectivity index (χ4v) is 3.97. The molecule has 1 amide bonds. The molecule has 3 heterocycles. The van der Waals surface area contributed by atoms with Crippen molar-refractivity contribution in [3.05, 3.63) is 77.1 Å². The fraction of sp³-hybridized carbons (Fsp3) is 0.273. The zero-order valence-corrected chi connectivity index (χ0v) is 16.9. The van der Waals surface area contributed by atoms with Gasteiger partial charge in [0.05, 0.1) is 29.2 Å². The number of rotatable bonds is 6. The number of nitrogens with one attached hydrogen (secondary N) is 1. The van der Waals surface area contributed by atoms with Crippen LogP contribution in [0.5, 0.6) is 0 Å². The molecule has 1 fully saturated rings. The van der Waals surface area contributed by atoms with E-state index in [0.29, 0.717) is 36.5 Å². The van der Waals surface area contributed by atoms with Crippen molar-refractivity contribution >= 4 is 17.4 Å². The molecule has 2 aromatic heterocycles. The summed E-state index contributed by atoms with van der Waals surface area (Å²) in [4.78, 5) is 31.5. The van der Waals surface area contributed by atoms with Gasteiger partial charge in [-0.05, 0) is 25.8 Å². The van der Waals surface area contributed by atoms with E-state index in [0.717, 1.165) is 5.56 Å². The second-order valence-corrected chi connectivity index (χ2v) is 7.37. The molecule has 2 N–H and O–H groups in total. The highest BCUT2D eigenvalue weighted by atomic mass is 16.3. The number of carbonyl (C=O) groups is 2. The van der Waals surface area contributed by atoms with Crippen molar-refractivity contribution in [2.75, 3.05) is 6.54 Å². The molecule has 0 saturated carbocycles. The summed E-state index contributed by atoms with van der Waals surface area (Å²) in [5.41, 5.74) is 2.56. The molecule has 8 heteroatoms. The quantitative estimate of drug-likeness (QED) is 0.373. The molecule has 3 aromatic rings. The van der Waals surface area contributed by atoms with Gasteiger partial charge in [-0.15, -0.1) is 0 Å². The smallest absolute Gasteiger partial charge is 0.295 e. The number of carbonyl (C=O) groups excluding carboxylic acids is 2. The number of Topliss-reactive ketones (excluding diaryl/α,β-unsaturated/α-hetero) is 1. The third-order valence-electron chi connectivity index (χ3n) is 5.39. The van der Waals surface area contributed by atoms with Gasteiger partial charge in [-0.2, -0.15) is 5.10 Å². The number of aliphatic hydroxyl groups excluding tert-OH is 1. The number of benzene rings is 1. The minimum absolute atomic E-state index is 0.0985. The zero-order valence-electron chi connectivity index (χ0n) is 16.9. The van der Waals surface area contributed by atoms with Gasteiger partial charge >= 0.3 is 0 Å². The largest absolute Gasteiger partial charge is 0.507 e. The van der Waals surface area contributed by atoms with E-state index >= 15 is 0 Å². The molecule has 0 radical (unpaired) electrons. The molecule has 1 atom stereocenters. The molecule has 30 heavy (non-hydrogen) atoms. The van der Waals surface area contributed by atoms with Crippen LogP contribution < -0.4 is 0 Å². The summed E-state index contributed by atoms with van der Waals surface area (Å²) >= 11 is 0. The Balaban J connectivity index is 1.74. The number of hydrogen-bond acceptors (Lipinski definition) is 5. The number of imidazole rings is 1. The van der Waals surface area contributed by atoms with Gasteiger partial charge in [0, 0.05) is 31.2 Å². The second kappa shape index (κ2) is 7.98. The van der Waals surface area contributed by atoms with Crippen LogP contribution in [0.15, 0.2) is 54.6 Å². The Bertz CT molecular complexity index is 1080. The van der Waals surface area contributed by atoms with Crippen LogP contribution >= 0.6 is 0 Å². The maximum Gasteiger partial charge on any atom is 0.295 e. The number of aromatic nitrogens is 4. The highest BCUT2D eigenvalue weighted by Crippen LogP contribution is 2.40. The Morgan fingerprint density at radius 2 is 1.93 bits per heavy atom. The first kappa shape index (κ1) is 19.6. The van der Waals surface area contributed by atoms with Gasteiger partial charge in [-0.25, -0.2) is 4.98 Å². The second-order valence-electron chi connectivity index (χ2n) is 7.37. The van der Waals surface area contributed by atoms with Crippen molar-refractivity contribution in [2.45, 2.75) is 32.9 Å². The van der Waals surface area contributed by atoms with Crippen LogP contribution in [0, 0.1) is 13.8 Å². The van der Waals surface area contributed by atoms with Gasteiger partial charge in [-0.3, -0.25) is 14.7 Å². The number of hydrogen-bond donors (Lipinski definition) is 2. The predicted octanol–water partition coefficient (Wildman–Crippen LogP) is 2.74. The van der Waals surface area contributed by atoms with Crippen LogP contribution in [-0.4, -0.2) is 48.0 Å². The van der Waals surface area contributed by atoms with Crippen LogP contribution in [0.1, 0.15) is 35.0 Å².